The number of carbonyl (C=O) groups is 3. The zero-order valence-electron chi connectivity index (χ0n) is 16.6. The van der Waals surface area contributed by atoms with E-state index >= 15 is 0 Å². The van der Waals surface area contributed by atoms with Crippen molar-refractivity contribution < 1.29 is 18.8 Å². The molecule has 0 saturated heterocycles. The lowest BCUT2D eigenvalue weighted by atomic mass is 9.97. The second-order valence-corrected chi connectivity index (χ2v) is 7.73. The smallest absolute Gasteiger partial charge is 0.349 e. The van der Waals surface area contributed by atoms with Crippen LogP contribution < -0.4 is 5.32 Å². The number of aryl methyl sites for hydroxylation is 2. The van der Waals surface area contributed by atoms with Gasteiger partial charge in [-0.15, -0.1) is 10.2 Å². The molecule has 1 N–H and O–H groups in total. The highest BCUT2D eigenvalue weighted by atomic mass is 32.2. The van der Waals surface area contributed by atoms with Crippen LogP contribution in [0, 0.1) is 19.8 Å². The number of hydrogen-bond donors (Lipinski definition) is 1. The van der Waals surface area contributed by atoms with E-state index in [1.54, 1.807) is 6.92 Å². The summed E-state index contributed by atoms with van der Waals surface area (Å²) in [4.78, 5) is 40.8. The van der Waals surface area contributed by atoms with Gasteiger partial charge in [0.25, 0.3) is 5.22 Å². The number of aromatic nitrogens is 2. The highest BCUT2D eigenvalue weighted by molar-refractivity contribution is 7.99. The molecule has 0 fully saturated rings. The molecule has 29 heavy (non-hydrogen) atoms. The number of hydrogen-bond acceptors (Lipinski definition) is 7. The molecule has 1 aliphatic rings. The quantitative estimate of drug-likeness (QED) is 0.721. The van der Waals surface area contributed by atoms with E-state index in [0.29, 0.717) is 5.71 Å². The first-order chi connectivity index (χ1) is 13.7. The fourth-order valence-electron chi connectivity index (χ4n) is 2.87. The van der Waals surface area contributed by atoms with Crippen molar-refractivity contribution in [3.8, 4) is 0 Å². The lowest BCUT2D eigenvalue weighted by Gasteiger charge is -2.24. The number of benzene rings is 1. The van der Waals surface area contributed by atoms with Crippen LogP contribution in [0.3, 0.4) is 0 Å². The third-order valence-electron chi connectivity index (χ3n) is 4.50. The van der Waals surface area contributed by atoms with Crippen molar-refractivity contribution >= 4 is 41.0 Å². The zero-order valence-corrected chi connectivity index (χ0v) is 17.4. The van der Waals surface area contributed by atoms with Crippen LogP contribution in [0.5, 0.6) is 0 Å². The normalized spacial score (nSPS) is 16.8. The maximum absolute atomic E-state index is 12.3. The number of anilines is 1. The Balaban J connectivity index is 1.56. The Morgan fingerprint density at radius 3 is 2.72 bits per heavy atom. The van der Waals surface area contributed by atoms with E-state index < -0.39 is 11.9 Å². The maximum Gasteiger partial charge on any atom is 0.349 e. The molecule has 1 unspecified atom stereocenters. The fraction of sp³-hybridized carbons (Fsp3) is 0.368. The summed E-state index contributed by atoms with van der Waals surface area (Å²) in [5.74, 6) is -0.813. The SMILES string of the molecule is CC1=NC(=O)N(C)C(=O)C1Cc1nnc(SCC(=O)Nc2ccc(C)cc2C)o1. The van der Waals surface area contributed by atoms with Gasteiger partial charge < -0.3 is 9.73 Å². The fourth-order valence-corrected chi connectivity index (χ4v) is 3.45. The average Bonchev–Trinajstić information content (AvgIpc) is 3.12. The third-order valence-corrected chi connectivity index (χ3v) is 5.32. The van der Waals surface area contributed by atoms with Crippen LogP contribution in [0.25, 0.3) is 0 Å². The molecule has 0 bridgehead atoms. The summed E-state index contributed by atoms with van der Waals surface area (Å²) < 4.78 is 5.54. The summed E-state index contributed by atoms with van der Waals surface area (Å²) >= 11 is 1.11. The van der Waals surface area contributed by atoms with Gasteiger partial charge in [0.05, 0.1) is 11.7 Å². The Hall–Kier alpha value is -3.01. The minimum atomic E-state index is -0.621. The Labute approximate surface area is 172 Å². The van der Waals surface area contributed by atoms with Crippen molar-refractivity contribution in [2.45, 2.75) is 32.4 Å². The zero-order chi connectivity index (χ0) is 21.1. The lowest BCUT2D eigenvalue weighted by molar-refractivity contribution is -0.129. The van der Waals surface area contributed by atoms with Crippen molar-refractivity contribution in [3.05, 3.63) is 35.2 Å². The largest absolute Gasteiger partial charge is 0.416 e. The summed E-state index contributed by atoms with van der Waals surface area (Å²) in [5, 5.41) is 10.9. The number of aliphatic imine (C=N–C) groups is 1. The number of thioether (sulfide) groups is 1. The van der Waals surface area contributed by atoms with Crippen LogP contribution in [-0.2, 0) is 16.0 Å². The molecule has 0 radical (unpaired) electrons. The van der Waals surface area contributed by atoms with Gasteiger partial charge in [-0.05, 0) is 32.4 Å². The van der Waals surface area contributed by atoms with E-state index in [4.69, 9.17) is 4.42 Å². The van der Waals surface area contributed by atoms with Crippen LogP contribution in [0.1, 0.15) is 23.9 Å². The molecule has 0 aliphatic carbocycles. The third kappa shape index (κ3) is 4.89. The van der Waals surface area contributed by atoms with Crippen LogP contribution in [-0.4, -0.2) is 51.5 Å². The summed E-state index contributed by atoms with van der Waals surface area (Å²) in [6, 6.07) is 5.21. The molecule has 1 atom stereocenters. The molecule has 10 heteroatoms. The molecule has 152 valence electrons. The van der Waals surface area contributed by atoms with Gasteiger partial charge in [0.15, 0.2) is 0 Å². The molecular weight excluding hydrogens is 394 g/mol. The van der Waals surface area contributed by atoms with Crippen molar-refractivity contribution in [3.63, 3.8) is 0 Å². The Morgan fingerprint density at radius 1 is 1.24 bits per heavy atom. The van der Waals surface area contributed by atoms with E-state index in [-0.39, 0.29) is 35.1 Å². The van der Waals surface area contributed by atoms with Gasteiger partial charge in [-0.1, -0.05) is 29.5 Å². The summed E-state index contributed by atoms with van der Waals surface area (Å²) in [6.45, 7) is 5.55. The van der Waals surface area contributed by atoms with Crippen molar-refractivity contribution in [1.29, 1.82) is 0 Å². The average molecular weight is 415 g/mol. The monoisotopic (exact) mass is 415 g/mol. The molecule has 2 heterocycles. The molecular formula is C19H21N5O4S. The van der Waals surface area contributed by atoms with Crippen LogP contribution >= 0.6 is 11.8 Å². The van der Waals surface area contributed by atoms with Crippen LogP contribution in [0.4, 0.5) is 10.5 Å². The summed E-state index contributed by atoms with van der Waals surface area (Å²) in [6.07, 6.45) is 0.147. The second-order valence-electron chi connectivity index (χ2n) is 6.81. The molecule has 1 aromatic carbocycles. The van der Waals surface area contributed by atoms with Gasteiger partial charge in [0.1, 0.15) is 0 Å². The van der Waals surface area contributed by atoms with Gasteiger partial charge in [-0.25, -0.2) is 9.79 Å². The highest BCUT2D eigenvalue weighted by Crippen LogP contribution is 2.22. The molecule has 9 nitrogen and oxygen atoms in total. The topological polar surface area (TPSA) is 118 Å². The second kappa shape index (κ2) is 8.56. The number of carbonyl (C=O) groups excluding carboxylic acids is 3. The number of nitrogens with zero attached hydrogens (tertiary/aromatic N) is 4. The Kier molecular flexibility index (Phi) is 6.12. The number of urea groups is 1. The molecule has 4 amide bonds. The lowest BCUT2D eigenvalue weighted by Crippen LogP contribution is -2.44. The predicted octanol–water partition coefficient (Wildman–Crippen LogP) is 2.63. The molecule has 0 spiro atoms. The van der Waals surface area contributed by atoms with E-state index in [2.05, 4.69) is 20.5 Å². The summed E-state index contributed by atoms with van der Waals surface area (Å²) in [5.41, 5.74) is 3.29. The van der Waals surface area contributed by atoms with E-state index in [1.165, 1.54) is 7.05 Å². The number of rotatable bonds is 6. The molecule has 0 saturated carbocycles. The van der Waals surface area contributed by atoms with Gasteiger partial charge >= 0.3 is 6.03 Å². The standard InChI is InChI=1S/C19H21N5O4S/c1-10-5-6-14(11(2)7-10)21-15(25)9-29-19-23-22-16(28-19)8-13-12(3)20-18(27)24(4)17(13)26/h5-7,13H,8-9H2,1-4H3,(H,21,25). The van der Waals surface area contributed by atoms with Gasteiger partial charge in [0, 0.05) is 24.9 Å². The minimum Gasteiger partial charge on any atom is -0.416 e. The van der Waals surface area contributed by atoms with Crippen LogP contribution in [0.2, 0.25) is 0 Å². The highest BCUT2D eigenvalue weighted by Gasteiger charge is 2.34. The minimum absolute atomic E-state index is 0.106. The Bertz CT molecular complexity index is 1000. The Morgan fingerprint density at radius 2 is 2.00 bits per heavy atom. The van der Waals surface area contributed by atoms with E-state index in [1.807, 2.05) is 32.0 Å². The summed E-state index contributed by atoms with van der Waals surface area (Å²) in [7, 11) is 1.39. The van der Waals surface area contributed by atoms with Crippen LogP contribution in [0.15, 0.2) is 32.8 Å². The molecule has 2 aromatic rings. The number of amides is 4. The first-order valence-corrected chi connectivity index (χ1v) is 9.92. The van der Waals surface area contributed by atoms with Gasteiger partial charge in [0.2, 0.25) is 17.7 Å². The van der Waals surface area contributed by atoms with Crippen molar-refractivity contribution in [1.82, 2.24) is 15.1 Å². The number of nitrogens with one attached hydrogen (secondary N) is 1. The first kappa shape index (κ1) is 20.7. The van der Waals surface area contributed by atoms with Crippen molar-refractivity contribution in [2.24, 2.45) is 10.9 Å². The first-order valence-electron chi connectivity index (χ1n) is 8.93. The maximum atomic E-state index is 12.3. The molecule has 3 rings (SSSR count). The predicted molar refractivity (Wildman–Crippen MR) is 108 cm³/mol. The van der Waals surface area contributed by atoms with Gasteiger partial charge in [-0.2, -0.15) is 0 Å². The molecule has 1 aliphatic heterocycles. The van der Waals surface area contributed by atoms with Gasteiger partial charge in [-0.3, -0.25) is 14.5 Å². The van der Waals surface area contributed by atoms with Crippen molar-refractivity contribution in [2.75, 3.05) is 18.1 Å². The number of imide groups is 1. The van der Waals surface area contributed by atoms with E-state index in [0.717, 1.165) is 33.5 Å². The van der Waals surface area contributed by atoms with E-state index in [9.17, 15) is 14.4 Å². The molecule has 1 aromatic heterocycles.